The molecule has 2 atom stereocenters. The van der Waals surface area contributed by atoms with Gasteiger partial charge in [0.25, 0.3) is 5.91 Å². The van der Waals surface area contributed by atoms with Gasteiger partial charge in [0.15, 0.2) is 11.6 Å². The molecule has 2 aliphatic rings. The number of fused-ring (bicyclic) bond motifs is 2. The Hall–Kier alpha value is -3.68. The van der Waals surface area contributed by atoms with Gasteiger partial charge in [-0.05, 0) is 24.3 Å². The minimum atomic E-state index is -0.689. The van der Waals surface area contributed by atoms with Crippen LogP contribution in [0.25, 0.3) is 15.7 Å². The molecule has 3 aromatic rings. The van der Waals surface area contributed by atoms with Gasteiger partial charge in [-0.2, -0.15) is 5.26 Å². The van der Waals surface area contributed by atoms with Crippen LogP contribution in [-0.4, -0.2) is 51.8 Å². The van der Waals surface area contributed by atoms with Gasteiger partial charge in [-0.25, -0.2) is 14.1 Å². The summed E-state index contributed by atoms with van der Waals surface area (Å²) >= 11 is 7.56. The predicted molar refractivity (Wildman–Crippen MR) is 130 cm³/mol. The van der Waals surface area contributed by atoms with E-state index in [4.69, 9.17) is 16.3 Å². The topological polar surface area (TPSA) is 99.4 Å². The first-order chi connectivity index (χ1) is 16.9. The molecule has 1 saturated heterocycles. The largest absolute Gasteiger partial charge is 0.494 e. The predicted octanol–water partition coefficient (Wildman–Crippen LogP) is 4.64. The van der Waals surface area contributed by atoms with Crippen molar-refractivity contribution in [2.75, 3.05) is 18.6 Å². The standard InChI is InChI=1S/C24H17ClFN5O3S/c1-34-20-7-15(16(25)8-17(20)26)21-9-18-22(35-21)23(32)31(24(33)30(18)6-2-4-27)19-12-29-11-13-10-28-5-3-14(13)19/h3,5,7-12,18,22H,2,6H2,1H3. The lowest BCUT2D eigenvalue weighted by Crippen LogP contribution is -2.62. The molecule has 4 heterocycles. The number of pyridine rings is 2. The third-order valence-corrected chi connectivity index (χ3v) is 7.55. The van der Waals surface area contributed by atoms with Crippen LogP contribution in [0.15, 0.2) is 49.1 Å². The normalized spacial score (nSPS) is 19.5. The number of methoxy groups -OCH3 is 1. The Kier molecular flexibility index (Phi) is 6.05. The van der Waals surface area contributed by atoms with E-state index in [0.29, 0.717) is 26.9 Å². The van der Waals surface area contributed by atoms with Crippen molar-refractivity contribution in [2.45, 2.75) is 17.7 Å². The number of anilines is 1. The highest BCUT2D eigenvalue weighted by Crippen LogP contribution is 2.48. The molecule has 0 radical (unpaired) electrons. The van der Waals surface area contributed by atoms with Crippen LogP contribution in [0.1, 0.15) is 12.0 Å². The average Bonchev–Trinajstić information content (AvgIpc) is 3.29. The third-order valence-electron chi connectivity index (χ3n) is 5.90. The van der Waals surface area contributed by atoms with Crippen molar-refractivity contribution in [1.29, 1.82) is 5.26 Å². The zero-order chi connectivity index (χ0) is 24.7. The number of benzene rings is 1. The second-order valence-corrected chi connectivity index (χ2v) is 9.43. The molecule has 0 spiro atoms. The van der Waals surface area contributed by atoms with E-state index in [0.717, 1.165) is 11.0 Å². The van der Waals surface area contributed by atoms with E-state index in [1.165, 1.54) is 36.0 Å². The van der Waals surface area contributed by atoms with Crippen molar-refractivity contribution in [3.8, 4) is 11.8 Å². The fraction of sp³-hybridized carbons (Fsp3) is 0.208. The molecule has 2 aliphatic heterocycles. The Labute approximate surface area is 208 Å². The van der Waals surface area contributed by atoms with Crippen molar-refractivity contribution in [2.24, 2.45) is 0 Å². The number of rotatable bonds is 5. The number of nitriles is 1. The highest BCUT2D eigenvalue weighted by atomic mass is 35.5. The Morgan fingerprint density at radius 2 is 2.06 bits per heavy atom. The maximum Gasteiger partial charge on any atom is 0.332 e. The van der Waals surface area contributed by atoms with Gasteiger partial charge in [-0.1, -0.05) is 11.6 Å². The first-order valence-corrected chi connectivity index (χ1v) is 11.8. The molecule has 0 N–H and O–H groups in total. The lowest BCUT2D eigenvalue weighted by atomic mass is 10.0. The van der Waals surface area contributed by atoms with Crippen LogP contribution in [0.3, 0.4) is 0 Å². The smallest absolute Gasteiger partial charge is 0.332 e. The molecule has 3 amide bonds. The van der Waals surface area contributed by atoms with Gasteiger partial charge in [0, 0.05) is 46.4 Å². The number of hydrogen-bond acceptors (Lipinski definition) is 7. The number of hydrogen-bond donors (Lipinski definition) is 0. The summed E-state index contributed by atoms with van der Waals surface area (Å²) in [7, 11) is 1.35. The van der Waals surface area contributed by atoms with Gasteiger partial charge in [0.1, 0.15) is 5.25 Å². The van der Waals surface area contributed by atoms with Gasteiger partial charge in [-0.3, -0.25) is 14.8 Å². The number of halogens is 2. The highest BCUT2D eigenvalue weighted by Gasteiger charge is 2.50. The number of urea groups is 1. The molecule has 0 aliphatic carbocycles. The summed E-state index contributed by atoms with van der Waals surface area (Å²) in [6.45, 7) is 0.130. The van der Waals surface area contributed by atoms with E-state index in [9.17, 15) is 19.2 Å². The molecule has 176 valence electrons. The molecular formula is C24H17ClFN5O3S. The van der Waals surface area contributed by atoms with Gasteiger partial charge in [-0.15, -0.1) is 11.8 Å². The molecule has 11 heteroatoms. The Morgan fingerprint density at radius 1 is 1.26 bits per heavy atom. The van der Waals surface area contributed by atoms with Gasteiger partial charge >= 0.3 is 6.03 Å². The summed E-state index contributed by atoms with van der Waals surface area (Å²) in [5.74, 6) is -1.00. The van der Waals surface area contributed by atoms with Gasteiger partial charge < -0.3 is 9.64 Å². The fourth-order valence-corrected chi connectivity index (χ4v) is 5.93. The number of thioether (sulfide) groups is 1. The van der Waals surface area contributed by atoms with Crippen molar-refractivity contribution < 1.29 is 18.7 Å². The van der Waals surface area contributed by atoms with E-state index in [1.807, 2.05) is 0 Å². The number of carbonyl (C=O) groups excluding carboxylic acids is 2. The number of aromatic nitrogens is 2. The lowest BCUT2D eigenvalue weighted by molar-refractivity contribution is -0.119. The molecule has 2 unspecified atom stereocenters. The van der Waals surface area contributed by atoms with Gasteiger partial charge in [0.2, 0.25) is 0 Å². The fourth-order valence-electron chi connectivity index (χ4n) is 4.26. The van der Waals surface area contributed by atoms with Crippen molar-refractivity contribution in [3.05, 3.63) is 65.5 Å². The summed E-state index contributed by atoms with van der Waals surface area (Å²) in [4.78, 5) is 38.9. The van der Waals surface area contributed by atoms with Crippen LogP contribution in [0.2, 0.25) is 5.02 Å². The Balaban J connectivity index is 1.59. The second kappa shape index (κ2) is 9.17. The van der Waals surface area contributed by atoms with Crippen molar-refractivity contribution in [1.82, 2.24) is 14.9 Å². The summed E-state index contributed by atoms with van der Waals surface area (Å²) in [6.07, 6.45) is 8.12. The van der Waals surface area contributed by atoms with E-state index in [1.54, 1.807) is 30.7 Å². The minimum absolute atomic E-state index is 0.0153. The molecule has 35 heavy (non-hydrogen) atoms. The van der Waals surface area contributed by atoms with Crippen LogP contribution in [0.5, 0.6) is 5.75 Å². The molecule has 0 bridgehead atoms. The highest BCUT2D eigenvalue weighted by molar-refractivity contribution is 8.09. The SMILES string of the molecule is COc1cc(C2=CC3C(S2)C(=O)N(c2cncc4cnccc24)C(=O)N3CCC#N)c(Cl)cc1F. The Bertz CT molecular complexity index is 1440. The number of ether oxygens (including phenoxy) is 1. The number of imide groups is 1. The van der Waals surface area contributed by atoms with Crippen LogP contribution in [0.4, 0.5) is 14.9 Å². The number of nitrogens with zero attached hydrogens (tertiary/aromatic N) is 5. The molecule has 2 aromatic heterocycles. The molecule has 1 fully saturated rings. The van der Waals surface area contributed by atoms with Crippen molar-refractivity contribution >= 4 is 56.7 Å². The van der Waals surface area contributed by atoms with E-state index in [-0.39, 0.29) is 23.7 Å². The van der Waals surface area contributed by atoms with Gasteiger partial charge in [0.05, 0.1) is 42.5 Å². The van der Waals surface area contributed by atoms with Crippen LogP contribution >= 0.6 is 23.4 Å². The van der Waals surface area contributed by atoms with Crippen molar-refractivity contribution in [3.63, 3.8) is 0 Å². The Morgan fingerprint density at radius 3 is 2.83 bits per heavy atom. The lowest BCUT2D eigenvalue weighted by Gasteiger charge is -2.41. The summed E-state index contributed by atoms with van der Waals surface area (Å²) in [5, 5.41) is 9.98. The first-order valence-electron chi connectivity index (χ1n) is 10.6. The van der Waals surface area contributed by atoms with Crippen LogP contribution in [-0.2, 0) is 4.79 Å². The molecule has 8 nitrogen and oxygen atoms in total. The molecule has 1 aromatic carbocycles. The monoisotopic (exact) mass is 509 g/mol. The van der Waals surface area contributed by atoms with Crippen LogP contribution in [0, 0.1) is 17.1 Å². The zero-order valence-electron chi connectivity index (χ0n) is 18.3. The zero-order valence-corrected chi connectivity index (χ0v) is 19.9. The molecule has 0 saturated carbocycles. The van der Waals surface area contributed by atoms with E-state index >= 15 is 0 Å². The summed E-state index contributed by atoms with van der Waals surface area (Å²) in [6, 6.07) is 5.26. The van der Waals surface area contributed by atoms with E-state index in [2.05, 4.69) is 16.0 Å². The first kappa shape index (κ1) is 23.1. The summed E-state index contributed by atoms with van der Waals surface area (Å²) < 4.78 is 19.2. The minimum Gasteiger partial charge on any atom is -0.494 e. The third kappa shape index (κ3) is 3.87. The van der Waals surface area contributed by atoms with E-state index < -0.39 is 29.0 Å². The maximum absolute atomic E-state index is 14.1. The molecule has 5 rings (SSSR count). The maximum atomic E-state index is 14.1. The number of amides is 3. The second-order valence-electron chi connectivity index (χ2n) is 7.84. The molecular weight excluding hydrogens is 493 g/mol. The summed E-state index contributed by atoms with van der Waals surface area (Å²) in [5.41, 5.74) is 0.838. The average molecular weight is 510 g/mol. The van der Waals surface area contributed by atoms with Crippen LogP contribution < -0.4 is 9.64 Å². The number of carbonyl (C=O) groups is 2. The quantitative estimate of drug-likeness (QED) is 0.494.